The van der Waals surface area contributed by atoms with Crippen LogP contribution in [0, 0.1) is 30.6 Å². The Hall–Kier alpha value is -0.900. The van der Waals surface area contributed by atoms with Gasteiger partial charge >= 0.3 is 0 Å². The van der Waals surface area contributed by atoms with Crippen molar-refractivity contribution in [2.75, 3.05) is 6.61 Å². The van der Waals surface area contributed by atoms with Crippen LogP contribution in [0.5, 0.6) is 0 Å². The number of epoxide rings is 3. The summed E-state index contributed by atoms with van der Waals surface area (Å²) in [4.78, 5) is 0. The Bertz CT molecular complexity index is 665. The maximum Gasteiger partial charge on any atom is 0.106 e. The molecule has 0 radical (unpaired) electrons. The second-order valence-corrected chi connectivity index (χ2v) is 9.72. The topological polar surface area (TPSA) is 37.6 Å². The largest absolute Gasteiger partial charge is 0.369 e. The van der Waals surface area contributed by atoms with Crippen LogP contribution >= 0.6 is 0 Å². The quantitative estimate of drug-likeness (QED) is 0.648. The van der Waals surface area contributed by atoms with Gasteiger partial charge in [0.1, 0.15) is 6.10 Å². The van der Waals surface area contributed by atoms with E-state index in [1.807, 2.05) is 0 Å². The fourth-order valence-corrected chi connectivity index (χ4v) is 5.72. The van der Waals surface area contributed by atoms with Crippen LogP contribution < -0.4 is 0 Å². The summed E-state index contributed by atoms with van der Waals surface area (Å²) >= 11 is 0. The number of hydrogen-bond acceptors (Lipinski definition) is 3. The molecule has 3 heterocycles. The molecule has 0 aromatic heterocycles. The van der Waals surface area contributed by atoms with Gasteiger partial charge in [0.15, 0.2) is 0 Å². The van der Waals surface area contributed by atoms with Crippen molar-refractivity contribution in [3.8, 4) is 0 Å². The summed E-state index contributed by atoms with van der Waals surface area (Å²) in [5.74, 6) is 3.75. The van der Waals surface area contributed by atoms with E-state index in [1.165, 1.54) is 43.2 Å². The van der Waals surface area contributed by atoms with Gasteiger partial charge in [-0.2, -0.15) is 0 Å². The minimum atomic E-state index is 0.403. The molecule has 0 N–H and O–H groups in total. The van der Waals surface area contributed by atoms with Crippen molar-refractivity contribution < 1.29 is 14.2 Å². The average Bonchev–Trinajstić information content (AvgIpc) is 3.55. The Morgan fingerprint density at radius 1 is 0.926 bits per heavy atom. The summed E-state index contributed by atoms with van der Waals surface area (Å²) in [6, 6.07) is 8.47. The van der Waals surface area contributed by atoms with E-state index >= 15 is 0 Å². The number of rotatable bonds is 1. The molecule has 9 unspecified atom stereocenters. The van der Waals surface area contributed by atoms with Crippen molar-refractivity contribution in [3.63, 3.8) is 0 Å². The molecule has 2 bridgehead atoms. The van der Waals surface area contributed by atoms with E-state index in [0.29, 0.717) is 18.3 Å². The first-order valence-corrected chi connectivity index (χ1v) is 11.1. The highest BCUT2D eigenvalue weighted by Crippen LogP contribution is 2.58. The Morgan fingerprint density at radius 2 is 1.78 bits per heavy atom. The van der Waals surface area contributed by atoms with E-state index in [1.54, 1.807) is 0 Å². The third-order valence-corrected chi connectivity index (χ3v) is 7.51. The van der Waals surface area contributed by atoms with Crippen LogP contribution in [0.25, 0.3) is 0 Å². The van der Waals surface area contributed by atoms with E-state index in [9.17, 15) is 0 Å². The monoisotopic (exact) mass is 370 g/mol. The zero-order valence-corrected chi connectivity index (χ0v) is 17.0. The molecule has 6 fully saturated rings. The van der Waals surface area contributed by atoms with Gasteiger partial charge in [0, 0.05) is 0 Å². The molecule has 0 amide bonds. The van der Waals surface area contributed by atoms with E-state index in [0.717, 1.165) is 42.5 Å². The van der Waals surface area contributed by atoms with Gasteiger partial charge in [0.2, 0.25) is 0 Å². The molecule has 1 aromatic carbocycles. The van der Waals surface area contributed by atoms with Crippen molar-refractivity contribution in [2.24, 2.45) is 23.7 Å². The molecule has 0 spiro atoms. The lowest BCUT2D eigenvalue weighted by Crippen LogP contribution is -2.14. The first-order chi connectivity index (χ1) is 13.1. The summed E-state index contributed by atoms with van der Waals surface area (Å²) in [6.45, 7) is 7.68. The molecular weight excluding hydrogens is 336 g/mol. The van der Waals surface area contributed by atoms with Crippen molar-refractivity contribution in [2.45, 2.75) is 83.4 Å². The maximum absolute atomic E-state index is 5.51. The molecule has 3 heteroatoms. The highest BCUT2D eigenvalue weighted by molar-refractivity contribution is 5.25. The van der Waals surface area contributed by atoms with E-state index < -0.39 is 0 Å². The van der Waals surface area contributed by atoms with Crippen LogP contribution in [-0.4, -0.2) is 31.0 Å². The van der Waals surface area contributed by atoms with Crippen LogP contribution in [-0.2, 0) is 14.2 Å². The van der Waals surface area contributed by atoms with E-state index in [4.69, 9.17) is 14.2 Å². The highest BCUT2D eigenvalue weighted by Gasteiger charge is 2.61. The van der Waals surface area contributed by atoms with Gasteiger partial charge in [0.05, 0.1) is 31.0 Å². The molecular formula is C24H34O3. The zero-order valence-electron chi connectivity index (χ0n) is 17.0. The average molecular weight is 371 g/mol. The zero-order chi connectivity index (χ0) is 18.5. The fraction of sp³-hybridized carbons (Fsp3) is 0.750. The fourth-order valence-electron chi connectivity index (χ4n) is 5.72. The van der Waals surface area contributed by atoms with Gasteiger partial charge < -0.3 is 14.2 Å². The molecule has 7 rings (SSSR count). The first kappa shape index (κ1) is 18.1. The van der Waals surface area contributed by atoms with Crippen molar-refractivity contribution in [1.29, 1.82) is 0 Å². The minimum Gasteiger partial charge on any atom is -0.369 e. The van der Waals surface area contributed by atoms with Crippen molar-refractivity contribution >= 4 is 0 Å². The molecule has 3 aliphatic heterocycles. The number of fused-ring (bicyclic) bond motifs is 6. The lowest BCUT2D eigenvalue weighted by molar-refractivity contribution is 0.254. The van der Waals surface area contributed by atoms with Gasteiger partial charge in [-0.3, -0.25) is 0 Å². The summed E-state index contributed by atoms with van der Waals surface area (Å²) in [7, 11) is 0. The van der Waals surface area contributed by atoms with Crippen LogP contribution in [0.1, 0.15) is 63.2 Å². The normalized spacial score (nSPS) is 46.9. The molecule has 3 saturated carbocycles. The number of benzene rings is 1. The van der Waals surface area contributed by atoms with Crippen LogP contribution in [0.3, 0.4) is 0 Å². The lowest BCUT2D eigenvalue weighted by Gasteiger charge is -2.11. The molecule has 6 aliphatic rings. The number of ether oxygens (including phenoxy) is 3. The predicted molar refractivity (Wildman–Crippen MR) is 106 cm³/mol. The smallest absolute Gasteiger partial charge is 0.106 e. The molecule has 9 atom stereocenters. The lowest BCUT2D eigenvalue weighted by atomic mass is 9.91. The van der Waals surface area contributed by atoms with Crippen LogP contribution in [0.2, 0.25) is 0 Å². The van der Waals surface area contributed by atoms with Gasteiger partial charge in [-0.05, 0) is 61.8 Å². The molecule has 3 aliphatic carbocycles. The third kappa shape index (κ3) is 3.97. The molecule has 27 heavy (non-hydrogen) atoms. The third-order valence-electron chi connectivity index (χ3n) is 7.51. The van der Waals surface area contributed by atoms with Gasteiger partial charge in [-0.25, -0.2) is 0 Å². The summed E-state index contributed by atoms with van der Waals surface area (Å²) in [5, 5.41) is 0. The first-order valence-electron chi connectivity index (χ1n) is 11.1. The predicted octanol–water partition coefficient (Wildman–Crippen LogP) is 5.07. The Labute approximate surface area is 163 Å². The minimum absolute atomic E-state index is 0.403. The van der Waals surface area contributed by atoms with Crippen LogP contribution in [0.4, 0.5) is 0 Å². The van der Waals surface area contributed by atoms with E-state index in [2.05, 4.69) is 45.0 Å². The summed E-state index contributed by atoms with van der Waals surface area (Å²) < 4.78 is 16.0. The van der Waals surface area contributed by atoms with Crippen LogP contribution in [0.15, 0.2) is 24.3 Å². The van der Waals surface area contributed by atoms with Crippen molar-refractivity contribution in [3.05, 3.63) is 35.4 Å². The van der Waals surface area contributed by atoms with Gasteiger partial charge in [-0.1, -0.05) is 50.1 Å². The van der Waals surface area contributed by atoms with Gasteiger partial charge in [0.25, 0.3) is 0 Å². The standard InChI is InChI=1S/C9H10O.C8H12O.C7H12O/c1-7-3-2-4-8(5-7)9-6-10-9;1-4-2-5-3-6(4)8-7(5)9-8;1-5-3-2-4-6-7(5)8-6/h2-5,9H,6H2,1H3;4-8H,2-3H2,1H3;5-7H,2-4H2,1H3. The highest BCUT2D eigenvalue weighted by atomic mass is 16.6. The van der Waals surface area contributed by atoms with Gasteiger partial charge in [-0.15, -0.1) is 0 Å². The number of hydrogen-bond donors (Lipinski definition) is 0. The number of aryl methyl sites for hydroxylation is 1. The second-order valence-electron chi connectivity index (χ2n) is 9.72. The molecule has 1 aromatic rings. The Balaban J connectivity index is 0.0000000895. The Morgan fingerprint density at radius 3 is 2.37 bits per heavy atom. The van der Waals surface area contributed by atoms with E-state index in [-0.39, 0.29) is 0 Å². The Kier molecular flexibility index (Phi) is 4.82. The summed E-state index contributed by atoms with van der Waals surface area (Å²) in [5.41, 5.74) is 2.63. The second kappa shape index (κ2) is 7.17. The van der Waals surface area contributed by atoms with Crippen molar-refractivity contribution in [1.82, 2.24) is 0 Å². The SMILES string of the molecule is CC1CC2CC1C1OC21.CC1CCCC2OC12.Cc1cccc(C2CO2)c1. The molecule has 3 saturated heterocycles. The molecule has 148 valence electrons. The maximum atomic E-state index is 5.51. The molecule has 3 nitrogen and oxygen atoms in total. The summed E-state index contributed by atoms with van der Waals surface area (Å²) in [6.07, 6.45) is 10.2.